The van der Waals surface area contributed by atoms with Crippen LogP contribution in [0.5, 0.6) is 0 Å². The Morgan fingerprint density at radius 1 is 1.16 bits per heavy atom. The highest BCUT2D eigenvalue weighted by molar-refractivity contribution is 6.30. The van der Waals surface area contributed by atoms with Crippen LogP contribution in [0.25, 0.3) is 0 Å². The fraction of sp³-hybridized carbons (Fsp3) is 0.188. The van der Waals surface area contributed by atoms with E-state index < -0.39 is 11.9 Å². The number of carboxylic acid groups (broad SMARTS) is 1. The van der Waals surface area contributed by atoms with Crippen LogP contribution in [0.4, 0.5) is 0 Å². The highest BCUT2D eigenvalue weighted by Gasteiger charge is 2.23. The SMILES string of the molecule is Cc1ccc(C)c(C(C(=O)O)c2cccc(Cl)c2)c1. The molecule has 0 spiro atoms. The number of benzene rings is 2. The van der Waals surface area contributed by atoms with E-state index in [1.165, 1.54) is 0 Å². The van der Waals surface area contributed by atoms with Crippen LogP contribution in [0, 0.1) is 13.8 Å². The number of halogens is 1. The predicted molar refractivity (Wildman–Crippen MR) is 76.8 cm³/mol. The Morgan fingerprint density at radius 2 is 1.89 bits per heavy atom. The second-order valence-corrected chi connectivity index (χ2v) is 5.12. The van der Waals surface area contributed by atoms with Gasteiger partial charge in [-0.3, -0.25) is 4.79 Å². The molecular weight excluding hydrogens is 260 g/mol. The molecule has 0 heterocycles. The standard InChI is InChI=1S/C16H15ClO2/c1-10-6-7-11(2)14(8-10)15(16(18)19)12-4-3-5-13(17)9-12/h3-9,15H,1-2H3,(H,18,19). The first kappa shape index (κ1) is 13.6. The minimum Gasteiger partial charge on any atom is -0.481 e. The molecule has 0 saturated carbocycles. The van der Waals surface area contributed by atoms with Crippen molar-refractivity contribution in [2.45, 2.75) is 19.8 Å². The van der Waals surface area contributed by atoms with Gasteiger partial charge in [-0.2, -0.15) is 0 Å². The second kappa shape index (κ2) is 5.45. The molecule has 98 valence electrons. The van der Waals surface area contributed by atoms with E-state index >= 15 is 0 Å². The summed E-state index contributed by atoms with van der Waals surface area (Å²) in [5.74, 6) is -1.55. The molecule has 0 aliphatic rings. The molecule has 3 heteroatoms. The molecule has 0 bridgehead atoms. The number of carbonyl (C=O) groups is 1. The highest BCUT2D eigenvalue weighted by Crippen LogP contribution is 2.29. The zero-order chi connectivity index (χ0) is 14.0. The van der Waals surface area contributed by atoms with E-state index in [2.05, 4.69) is 0 Å². The molecule has 2 aromatic rings. The summed E-state index contributed by atoms with van der Waals surface area (Å²) >= 11 is 5.96. The normalized spacial score (nSPS) is 12.2. The number of rotatable bonds is 3. The molecule has 0 aliphatic carbocycles. The van der Waals surface area contributed by atoms with Gasteiger partial charge in [0.05, 0.1) is 0 Å². The van der Waals surface area contributed by atoms with E-state index in [-0.39, 0.29) is 0 Å². The smallest absolute Gasteiger partial charge is 0.315 e. The van der Waals surface area contributed by atoms with Gasteiger partial charge in [-0.25, -0.2) is 0 Å². The molecule has 19 heavy (non-hydrogen) atoms. The molecule has 0 fully saturated rings. The van der Waals surface area contributed by atoms with Crippen molar-refractivity contribution in [3.8, 4) is 0 Å². The van der Waals surface area contributed by atoms with Crippen LogP contribution in [0.1, 0.15) is 28.2 Å². The molecule has 0 aliphatic heterocycles. The highest BCUT2D eigenvalue weighted by atomic mass is 35.5. The molecular formula is C16H15ClO2. The maximum absolute atomic E-state index is 11.6. The average molecular weight is 275 g/mol. The zero-order valence-corrected chi connectivity index (χ0v) is 11.6. The van der Waals surface area contributed by atoms with Crippen LogP contribution in [-0.4, -0.2) is 11.1 Å². The molecule has 1 unspecified atom stereocenters. The summed E-state index contributed by atoms with van der Waals surface area (Å²) in [5.41, 5.74) is 3.54. The van der Waals surface area contributed by atoms with Crippen LogP contribution < -0.4 is 0 Å². The third-order valence-corrected chi connectivity index (χ3v) is 3.41. The molecule has 0 amide bonds. The Balaban J connectivity index is 2.58. The number of aryl methyl sites for hydroxylation is 2. The largest absolute Gasteiger partial charge is 0.481 e. The first-order valence-corrected chi connectivity index (χ1v) is 6.42. The monoisotopic (exact) mass is 274 g/mol. The molecule has 1 N–H and O–H groups in total. The molecule has 2 aromatic carbocycles. The van der Waals surface area contributed by atoms with Crippen LogP contribution in [0.15, 0.2) is 42.5 Å². The topological polar surface area (TPSA) is 37.3 Å². The van der Waals surface area contributed by atoms with Crippen molar-refractivity contribution in [3.63, 3.8) is 0 Å². The van der Waals surface area contributed by atoms with Gasteiger partial charge < -0.3 is 5.11 Å². The minimum absolute atomic E-state index is 0.550. The predicted octanol–water partition coefficient (Wildman–Crippen LogP) is 4.17. The van der Waals surface area contributed by atoms with E-state index in [0.29, 0.717) is 10.6 Å². The van der Waals surface area contributed by atoms with Crippen molar-refractivity contribution < 1.29 is 9.90 Å². The molecule has 0 saturated heterocycles. The van der Waals surface area contributed by atoms with Crippen LogP contribution in [-0.2, 0) is 4.79 Å². The average Bonchev–Trinajstić information content (AvgIpc) is 2.33. The summed E-state index contributed by atoms with van der Waals surface area (Å²) in [6, 6.07) is 12.9. The quantitative estimate of drug-likeness (QED) is 0.912. The van der Waals surface area contributed by atoms with Crippen molar-refractivity contribution in [3.05, 3.63) is 69.7 Å². The van der Waals surface area contributed by atoms with Gasteiger partial charge in [-0.05, 0) is 42.7 Å². The third-order valence-electron chi connectivity index (χ3n) is 3.17. The minimum atomic E-state index is -0.865. The summed E-state index contributed by atoms with van der Waals surface area (Å²) in [7, 11) is 0. The first-order valence-electron chi connectivity index (χ1n) is 6.04. The van der Waals surface area contributed by atoms with Gasteiger partial charge in [0.15, 0.2) is 0 Å². The fourth-order valence-electron chi connectivity index (χ4n) is 2.21. The van der Waals surface area contributed by atoms with Gasteiger partial charge in [0, 0.05) is 5.02 Å². The summed E-state index contributed by atoms with van der Waals surface area (Å²) < 4.78 is 0. The maximum atomic E-state index is 11.6. The Hall–Kier alpha value is -1.80. The van der Waals surface area contributed by atoms with Gasteiger partial charge in [0.1, 0.15) is 5.92 Å². The summed E-state index contributed by atoms with van der Waals surface area (Å²) in [6.45, 7) is 3.88. The van der Waals surface area contributed by atoms with Crippen molar-refractivity contribution in [1.82, 2.24) is 0 Å². The lowest BCUT2D eigenvalue weighted by Crippen LogP contribution is -2.14. The zero-order valence-electron chi connectivity index (χ0n) is 10.9. The summed E-state index contributed by atoms with van der Waals surface area (Å²) in [5, 5.41) is 10.1. The van der Waals surface area contributed by atoms with E-state index in [1.54, 1.807) is 24.3 Å². The first-order chi connectivity index (χ1) is 8.99. The Kier molecular flexibility index (Phi) is 3.91. The third kappa shape index (κ3) is 2.96. The molecule has 2 rings (SSSR count). The van der Waals surface area contributed by atoms with Crippen molar-refractivity contribution >= 4 is 17.6 Å². The van der Waals surface area contributed by atoms with E-state index in [0.717, 1.165) is 16.7 Å². The number of aliphatic carboxylic acids is 1. The Bertz CT molecular complexity index is 620. The lowest BCUT2D eigenvalue weighted by Gasteiger charge is -2.16. The lowest BCUT2D eigenvalue weighted by atomic mass is 9.87. The summed E-state index contributed by atoms with van der Waals surface area (Å²) in [4.78, 5) is 11.6. The van der Waals surface area contributed by atoms with E-state index in [1.807, 2.05) is 32.0 Å². The summed E-state index contributed by atoms with van der Waals surface area (Å²) in [6.07, 6.45) is 0. The second-order valence-electron chi connectivity index (χ2n) is 4.69. The van der Waals surface area contributed by atoms with Crippen LogP contribution >= 0.6 is 11.6 Å². The maximum Gasteiger partial charge on any atom is 0.315 e. The van der Waals surface area contributed by atoms with Crippen molar-refractivity contribution in [2.75, 3.05) is 0 Å². The molecule has 2 nitrogen and oxygen atoms in total. The molecule has 1 atom stereocenters. The number of carboxylic acids is 1. The fourth-order valence-corrected chi connectivity index (χ4v) is 2.41. The van der Waals surface area contributed by atoms with Gasteiger partial charge >= 0.3 is 5.97 Å². The Morgan fingerprint density at radius 3 is 2.53 bits per heavy atom. The van der Waals surface area contributed by atoms with Crippen molar-refractivity contribution in [2.24, 2.45) is 0 Å². The van der Waals surface area contributed by atoms with Crippen LogP contribution in [0.3, 0.4) is 0 Å². The van der Waals surface area contributed by atoms with E-state index in [4.69, 9.17) is 11.6 Å². The van der Waals surface area contributed by atoms with Gasteiger partial charge in [-0.1, -0.05) is 47.5 Å². The number of hydrogen-bond donors (Lipinski definition) is 1. The van der Waals surface area contributed by atoms with Gasteiger partial charge in [0.25, 0.3) is 0 Å². The van der Waals surface area contributed by atoms with Gasteiger partial charge in [0.2, 0.25) is 0 Å². The molecule has 0 aromatic heterocycles. The number of hydrogen-bond acceptors (Lipinski definition) is 1. The Labute approximate surface area is 117 Å². The lowest BCUT2D eigenvalue weighted by molar-refractivity contribution is -0.137. The van der Waals surface area contributed by atoms with E-state index in [9.17, 15) is 9.90 Å². The van der Waals surface area contributed by atoms with Gasteiger partial charge in [-0.15, -0.1) is 0 Å². The molecule has 0 radical (unpaired) electrons. The van der Waals surface area contributed by atoms with Crippen molar-refractivity contribution in [1.29, 1.82) is 0 Å². The van der Waals surface area contributed by atoms with Crippen LogP contribution in [0.2, 0.25) is 5.02 Å².